The molecule has 3 rings (SSSR count). The molecule has 1 aromatic heterocycles. The van der Waals surface area contributed by atoms with E-state index in [1.54, 1.807) is 0 Å². The number of hydrogen-bond donors (Lipinski definition) is 3. The number of nitrogen functional groups attached to an aromatic ring is 2. The Balaban J connectivity index is 1.78. The summed E-state index contributed by atoms with van der Waals surface area (Å²) < 4.78 is 5.85. The first kappa shape index (κ1) is 19.6. The first-order valence-corrected chi connectivity index (χ1v) is 9.40. The number of ether oxygens (including phenoxy) is 1. The zero-order chi connectivity index (χ0) is 19.9. The molecule has 5 N–H and O–H groups in total. The summed E-state index contributed by atoms with van der Waals surface area (Å²) in [4.78, 5) is 8.50. The fraction of sp³-hybridized carbons (Fsp3) is 0.273. The minimum Gasteiger partial charge on any atom is -0.385 e. The van der Waals surface area contributed by atoms with E-state index in [-0.39, 0.29) is 5.95 Å². The van der Waals surface area contributed by atoms with Crippen LogP contribution >= 0.6 is 0 Å². The number of rotatable bonds is 8. The highest BCUT2D eigenvalue weighted by Gasteiger charge is 2.14. The van der Waals surface area contributed by atoms with Gasteiger partial charge in [-0.1, -0.05) is 56.3 Å². The first-order chi connectivity index (χ1) is 13.5. The first-order valence-electron chi connectivity index (χ1n) is 9.40. The normalized spacial score (nSPS) is 11.0. The predicted octanol–water partition coefficient (Wildman–Crippen LogP) is 4.09. The summed E-state index contributed by atoms with van der Waals surface area (Å²) in [6.07, 6.45) is 0. The predicted molar refractivity (Wildman–Crippen MR) is 115 cm³/mol. The Bertz CT molecular complexity index is 895. The Morgan fingerprint density at radius 3 is 2.32 bits per heavy atom. The van der Waals surface area contributed by atoms with Crippen LogP contribution in [-0.2, 0) is 18.0 Å². The Labute approximate surface area is 166 Å². The third-order valence-corrected chi connectivity index (χ3v) is 4.27. The number of nitrogens with two attached hydrogens (primary N) is 2. The van der Waals surface area contributed by atoms with Crippen molar-refractivity contribution in [2.75, 3.05) is 23.3 Å². The van der Waals surface area contributed by atoms with Crippen LogP contribution in [0.15, 0.2) is 54.6 Å². The van der Waals surface area contributed by atoms with Crippen LogP contribution in [0.5, 0.6) is 0 Å². The van der Waals surface area contributed by atoms with Crippen molar-refractivity contribution in [1.82, 2.24) is 9.97 Å². The number of benzene rings is 2. The quantitative estimate of drug-likeness (QED) is 0.547. The average Bonchev–Trinajstić information content (AvgIpc) is 2.67. The van der Waals surface area contributed by atoms with E-state index in [9.17, 15) is 0 Å². The van der Waals surface area contributed by atoms with Gasteiger partial charge >= 0.3 is 0 Å². The molecule has 0 amide bonds. The average molecular weight is 377 g/mol. The number of nitrogens with one attached hydrogen (secondary N) is 1. The zero-order valence-corrected chi connectivity index (χ0v) is 16.4. The summed E-state index contributed by atoms with van der Waals surface area (Å²) in [5.41, 5.74) is 16.5. The SMILES string of the molecule is CC(C)CNc1ccc(-c2c(N)nc(N)nc2COCc2ccccc2)cc1. The third-order valence-electron chi connectivity index (χ3n) is 4.27. The maximum atomic E-state index is 6.17. The van der Waals surface area contributed by atoms with Crippen LogP contribution in [0, 0.1) is 5.92 Å². The molecule has 0 fully saturated rings. The Hall–Kier alpha value is -3.12. The smallest absolute Gasteiger partial charge is 0.222 e. The van der Waals surface area contributed by atoms with E-state index in [0.29, 0.717) is 30.6 Å². The summed E-state index contributed by atoms with van der Waals surface area (Å²) in [6, 6.07) is 18.1. The second-order valence-electron chi connectivity index (χ2n) is 7.12. The molecule has 0 bridgehead atoms. The summed E-state index contributed by atoms with van der Waals surface area (Å²) in [5, 5.41) is 3.41. The van der Waals surface area contributed by atoms with Gasteiger partial charge in [-0.2, -0.15) is 4.98 Å². The monoisotopic (exact) mass is 377 g/mol. The number of nitrogens with zero attached hydrogens (tertiary/aromatic N) is 2. The van der Waals surface area contributed by atoms with Crippen molar-refractivity contribution >= 4 is 17.5 Å². The van der Waals surface area contributed by atoms with Gasteiger partial charge in [0.2, 0.25) is 5.95 Å². The topological polar surface area (TPSA) is 99.1 Å². The van der Waals surface area contributed by atoms with Crippen LogP contribution in [0.4, 0.5) is 17.5 Å². The second-order valence-corrected chi connectivity index (χ2v) is 7.12. The van der Waals surface area contributed by atoms with Crippen molar-refractivity contribution in [2.24, 2.45) is 5.92 Å². The second kappa shape index (κ2) is 9.19. The Morgan fingerprint density at radius 1 is 0.929 bits per heavy atom. The molecule has 3 aromatic rings. The number of hydrogen-bond acceptors (Lipinski definition) is 6. The molecule has 2 aromatic carbocycles. The fourth-order valence-corrected chi connectivity index (χ4v) is 2.88. The van der Waals surface area contributed by atoms with E-state index in [1.807, 2.05) is 54.6 Å². The van der Waals surface area contributed by atoms with Crippen molar-refractivity contribution in [3.8, 4) is 11.1 Å². The lowest BCUT2D eigenvalue weighted by Crippen LogP contribution is -2.09. The van der Waals surface area contributed by atoms with E-state index in [0.717, 1.165) is 28.9 Å². The van der Waals surface area contributed by atoms with Gasteiger partial charge in [-0.25, -0.2) is 4.98 Å². The maximum absolute atomic E-state index is 6.17. The molecule has 0 aliphatic carbocycles. The van der Waals surface area contributed by atoms with E-state index in [1.165, 1.54) is 0 Å². The van der Waals surface area contributed by atoms with Gasteiger partial charge in [0.1, 0.15) is 5.82 Å². The van der Waals surface area contributed by atoms with E-state index < -0.39 is 0 Å². The summed E-state index contributed by atoms with van der Waals surface area (Å²) in [5.74, 6) is 1.08. The molecule has 0 unspecified atom stereocenters. The van der Waals surface area contributed by atoms with Crippen molar-refractivity contribution in [3.63, 3.8) is 0 Å². The van der Waals surface area contributed by atoms with Crippen molar-refractivity contribution in [1.29, 1.82) is 0 Å². The molecule has 6 nitrogen and oxygen atoms in total. The van der Waals surface area contributed by atoms with Crippen molar-refractivity contribution < 1.29 is 4.74 Å². The lowest BCUT2D eigenvalue weighted by atomic mass is 10.0. The molecular formula is C22H27N5O. The van der Waals surface area contributed by atoms with Crippen LogP contribution in [0.25, 0.3) is 11.1 Å². The fourth-order valence-electron chi connectivity index (χ4n) is 2.88. The summed E-state index contributed by atoms with van der Waals surface area (Å²) in [7, 11) is 0. The van der Waals surface area contributed by atoms with E-state index in [4.69, 9.17) is 16.2 Å². The molecule has 0 saturated carbocycles. The summed E-state index contributed by atoms with van der Waals surface area (Å²) in [6.45, 7) is 6.06. The van der Waals surface area contributed by atoms with Crippen molar-refractivity contribution in [2.45, 2.75) is 27.1 Å². The molecule has 0 spiro atoms. The van der Waals surface area contributed by atoms with Gasteiger partial charge in [0.25, 0.3) is 0 Å². The molecule has 0 aliphatic heterocycles. The number of aromatic nitrogens is 2. The van der Waals surface area contributed by atoms with Gasteiger partial charge in [0, 0.05) is 17.8 Å². The highest BCUT2D eigenvalue weighted by atomic mass is 16.5. The highest BCUT2D eigenvalue weighted by molar-refractivity contribution is 5.77. The number of anilines is 3. The van der Waals surface area contributed by atoms with Crippen LogP contribution in [0.2, 0.25) is 0 Å². The molecular weight excluding hydrogens is 350 g/mol. The van der Waals surface area contributed by atoms with Crippen LogP contribution in [0.3, 0.4) is 0 Å². The highest BCUT2D eigenvalue weighted by Crippen LogP contribution is 2.30. The Kier molecular flexibility index (Phi) is 6.45. The largest absolute Gasteiger partial charge is 0.385 e. The molecule has 6 heteroatoms. The van der Waals surface area contributed by atoms with Crippen LogP contribution in [0.1, 0.15) is 25.1 Å². The molecule has 28 heavy (non-hydrogen) atoms. The Morgan fingerprint density at radius 2 is 1.64 bits per heavy atom. The molecule has 0 aliphatic rings. The van der Waals surface area contributed by atoms with Crippen LogP contribution < -0.4 is 16.8 Å². The zero-order valence-electron chi connectivity index (χ0n) is 16.4. The lowest BCUT2D eigenvalue weighted by molar-refractivity contribution is 0.105. The maximum Gasteiger partial charge on any atom is 0.222 e. The van der Waals surface area contributed by atoms with Gasteiger partial charge in [0.05, 0.1) is 18.9 Å². The standard InChI is InChI=1S/C22H27N5O/c1-15(2)12-25-18-10-8-17(9-11-18)20-19(26-22(24)27-21(20)23)14-28-13-16-6-4-3-5-7-16/h3-11,15,25H,12-14H2,1-2H3,(H4,23,24,26,27). The summed E-state index contributed by atoms with van der Waals surface area (Å²) >= 11 is 0. The lowest BCUT2D eigenvalue weighted by Gasteiger charge is -2.14. The molecule has 1 heterocycles. The minimum absolute atomic E-state index is 0.148. The third kappa shape index (κ3) is 5.20. The molecule has 0 radical (unpaired) electrons. The minimum atomic E-state index is 0.148. The van der Waals surface area contributed by atoms with Gasteiger partial charge in [-0.15, -0.1) is 0 Å². The van der Waals surface area contributed by atoms with E-state index in [2.05, 4.69) is 29.1 Å². The van der Waals surface area contributed by atoms with Gasteiger partial charge in [0.15, 0.2) is 0 Å². The van der Waals surface area contributed by atoms with Crippen LogP contribution in [-0.4, -0.2) is 16.5 Å². The molecule has 146 valence electrons. The van der Waals surface area contributed by atoms with E-state index >= 15 is 0 Å². The molecule has 0 saturated heterocycles. The molecule has 0 atom stereocenters. The van der Waals surface area contributed by atoms with Gasteiger partial charge in [-0.3, -0.25) is 0 Å². The van der Waals surface area contributed by atoms with Gasteiger partial charge in [-0.05, 0) is 29.2 Å². The van der Waals surface area contributed by atoms with Gasteiger partial charge < -0.3 is 21.5 Å². The van der Waals surface area contributed by atoms with Crippen molar-refractivity contribution in [3.05, 3.63) is 65.9 Å².